The second kappa shape index (κ2) is 5.77. The predicted octanol–water partition coefficient (Wildman–Crippen LogP) is 6.65. The largest absolute Gasteiger partial charge is 0.464 e. The molecule has 4 rings (SSSR count). The monoisotopic (exact) mass is 328 g/mol. The molecule has 0 aliphatic heterocycles. The lowest BCUT2D eigenvalue weighted by Gasteiger charge is -2.19. The van der Waals surface area contributed by atoms with Crippen LogP contribution in [0.15, 0.2) is 59.2 Å². The van der Waals surface area contributed by atoms with Crippen LogP contribution in [0.1, 0.15) is 48.8 Å². The number of rotatable bonds is 2. The summed E-state index contributed by atoms with van der Waals surface area (Å²) in [7, 11) is 0. The fourth-order valence-corrected chi connectivity index (χ4v) is 3.62. The summed E-state index contributed by atoms with van der Waals surface area (Å²) in [4.78, 5) is 0. The summed E-state index contributed by atoms with van der Waals surface area (Å²) in [6, 6.07) is 17.7. The summed E-state index contributed by atoms with van der Waals surface area (Å²) in [6.07, 6.45) is 5.02. The first kappa shape index (κ1) is 16.0. The smallest absolute Gasteiger partial charge is 0.133 e. The Balaban J connectivity index is 1.76. The van der Waals surface area contributed by atoms with Crippen molar-refractivity contribution in [3.05, 3.63) is 82.8 Å². The lowest BCUT2D eigenvalue weighted by Crippen LogP contribution is -2.10. The van der Waals surface area contributed by atoms with E-state index in [0.29, 0.717) is 0 Å². The average Bonchev–Trinajstić information content (AvgIpc) is 3.19. The van der Waals surface area contributed by atoms with Crippen molar-refractivity contribution >= 4 is 11.6 Å². The predicted molar refractivity (Wildman–Crippen MR) is 106 cm³/mol. The Kier molecular flexibility index (Phi) is 3.68. The van der Waals surface area contributed by atoms with E-state index in [9.17, 15) is 0 Å². The van der Waals surface area contributed by atoms with Crippen molar-refractivity contribution in [3.8, 4) is 11.1 Å². The maximum absolute atomic E-state index is 5.71. The number of furan rings is 1. The lowest BCUT2D eigenvalue weighted by molar-refractivity contribution is 0.550. The first-order valence-corrected chi connectivity index (χ1v) is 8.91. The van der Waals surface area contributed by atoms with E-state index in [1.807, 2.05) is 6.07 Å². The Morgan fingerprint density at radius 3 is 2.32 bits per heavy atom. The van der Waals surface area contributed by atoms with Crippen molar-refractivity contribution in [3.63, 3.8) is 0 Å². The van der Waals surface area contributed by atoms with Crippen LogP contribution in [0.25, 0.3) is 22.8 Å². The number of allylic oxidation sites excluding steroid dienone is 1. The van der Waals surface area contributed by atoms with Crippen LogP contribution in [-0.4, -0.2) is 0 Å². The van der Waals surface area contributed by atoms with E-state index in [2.05, 4.69) is 76.2 Å². The molecule has 0 amide bonds. The molecule has 1 aliphatic rings. The Labute approximate surface area is 150 Å². The van der Waals surface area contributed by atoms with E-state index in [4.69, 9.17) is 4.42 Å². The number of aryl methyl sites for hydroxylation is 1. The average molecular weight is 328 g/mol. The van der Waals surface area contributed by atoms with Gasteiger partial charge in [-0.05, 0) is 57.9 Å². The van der Waals surface area contributed by atoms with Crippen molar-refractivity contribution in [2.45, 2.75) is 39.5 Å². The summed E-state index contributed by atoms with van der Waals surface area (Å²) in [5, 5.41) is 0. The van der Waals surface area contributed by atoms with Gasteiger partial charge in [0.05, 0.1) is 6.26 Å². The topological polar surface area (TPSA) is 13.1 Å². The summed E-state index contributed by atoms with van der Waals surface area (Å²) >= 11 is 0. The van der Waals surface area contributed by atoms with E-state index in [0.717, 1.165) is 12.2 Å². The van der Waals surface area contributed by atoms with Crippen molar-refractivity contribution in [1.29, 1.82) is 0 Å². The molecule has 25 heavy (non-hydrogen) atoms. The maximum atomic E-state index is 5.71. The molecular weight excluding hydrogens is 304 g/mol. The van der Waals surface area contributed by atoms with Crippen LogP contribution in [0.4, 0.5) is 0 Å². The minimum atomic E-state index is 0.182. The van der Waals surface area contributed by atoms with Crippen molar-refractivity contribution in [2.24, 2.45) is 0 Å². The third kappa shape index (κ3) is 2.84. The highest BCUT2D eigenvalue weighted by molar-refractivity contribution is 5.93. The molecule has 1 aliphatic carbocycles. The van der Waals surface area contributed by atoms with Gasteiger partial charge in [-0.1, -0.05) is 63.2 Å². The van der Waals surface area contributed by atoms with Crippen LogP contribution in [-0.2, 0) is 11.8 Å². The second-order valence-corrected chi connectivity index (χ2v) is 7.98. The molecule has 0 N–H and O–H groups in total. The highest BCUT2D eigenvalue weighted by atomic mass is 16.3. The van der Waals surface area contributed by atoms with E-state index in [-0.39, 0.29) is 5.41 Å². The quantitative estimate of drug-likeness (QED) is 0.513. The SMILES string of the molecule is Cc1ccoc1C1=Cc2c(cccc2-c2ccc(C(C)(C)C)cc2)C1. The molecule has 1 nitrogen and oxygen atoms in total. The van der Waals surface area contributed by atoms with Gasteiger partial charge in [-0.25, -0.2) is 0 Å². The summed E-state index contributed by atoms with van der Waals surface area (Å²) in [5.41, 5.74) is 9.31. The zero-order valence-corrected chi connectivity index (χ0v) is 15.4. The van der Waals surface area contributed by atoms with Crippen molar-refractivity contribution in [1.82, 2.24) is 0 Å². The van der Waals surface area contributed by atoms with E-state index < -0.39 is 0 Å². The van der Waals surface area contributed by atoms with Gasteiger partial charge in [0.15, 0.2) is 0 Å². The third-order valence-corrected chi connectivity index (χ3v) is 5.11. The van der Waals surface area contributed by atoms with Crippen LogP contribution in [0.5, 0.6) is 0 Å². The fraction of sp³-hybridized carbons (Fsp3) is 0.250. The van der Waals surface area contributed by atoms with Gasteiger partial charge in [0.25, 0.3) is 0 Å². The van der Waals surface area contributed by atoms with Crippen LogP contribution >= 0.6 is 0 Å². The Bertz CT molecular complexity index is 947. The molecule has 1 heterocycles. The first-order chi connectivity index (χ1) is 11.9. The van der Waals surface area contributed by atoms with Gasteiger partial charge >= 0.3 is 0 Å². The minimum Gasteiger partial charge on any atom is -0.464 e. The standard InChI is InChI=1S/C24H24O/c1-16-12-13-25-23(16)19-14-18-6-5-7-21(22(18)15-19)17-8-10-20(11-9-17)24(2,3)4/h5-13,15H,14H2,1-4H3. The molecule has 126 valence electrons. The molecule has 0 fully saturated rings. The van der Waals surface area contributed by atoms with Crippen LogP contribution < -0.4 is 0 Å². The Morgan fingerprint density at radius 1 is 0.920 bits per heavy atom. The number of hydrogen-bond acceptors (Lipinski definition) is 1. The number of fused-ring (bicyclic) bond motifs is 1. The van der Waals surface area contributed by atoms with Crippen molar-refractivity contribution < 1.29 is 4.42 Å². The Morgan fingerprint density at radius 2 is 1.68 bits per heavy atom. The molecule has 0 bridgehead atoms. The highest BCUT2D eigenvalue weighted by Crippen LogP contribution is 2.39. The van der Waals surface area contributed by atoms with Gasteiger partial charge in [-0.15, -0.1) is 0 Å². The minimum absolute atomic E-state index is 0.182. The summed E-state index contributed by atoms with van der Waals surface area (Å²) in [5.74, 6) is 1.02. The van der Waals surface area contributed by atoms with Crippen LogP contribution in [0.3, 0.4) is 0 Å². The van der Waals surface area contributed by atoms with E-state index in [1.54, 1.807) is 6.26 Å². The van der Waals surface area contributed by atoms with Gasteiger partial charge < -0.3 is 4.42 Å². The summed E-state index contributed by atoms with van der Waals surface area (Å²) < 4.78 is 5.71. The number of benzene rings is 2. The first-order valence-electron chi connectivity index (χ1n) is 8.91. The molecule has 2 aromatic carbocycles. The highest BCUT2D eigenvalue weighted by Gasteiger charge is 2.21. The molecule has 0 saturated carbocycles. The molecule has 0 unspecified atom stereocenters. The van der Waals surface area contributed by atoms with Gasteiger partial charge in [0.2, 0.25) is 0 Å². The van der Waals surface area contributed by atoms with E-state index in [1.165, 1.54) is 39.0 Å². The molecule has 3 aromatic rings. The molecule has 0 saturated heterocycles. The maximum Gasteiger partial charge on any atom is 0.133 e. The molecular formula is C24H24O. The van der Waals surface area contributed by atoms with Gasteiger partial charge in [-0.2, -0.15) is 0 Å². The Hall–Kier alpha value is -2.54. The lowest BCUT2D eigenvalue weighted by atomic mass is 9.86. The van der Waals surface area contributed by atoms with Crippen LogP contribution in [0, 0.1) is 6.92 Å². The third-order valence-electron chi connectivity index (χ3n) is 5.11. The number of hydrogen-bond donors (Lipinski definition) is 0. The molecule has 1 heteroatoms. The van der Waals surface area contributed by atoms with Crippen LogP contribution in [0.2, 0.25) is 0 Å². The van der Waals surface area contributed by atoms with E-state index >= 15 is 0 Å². The molecule has 0 atom stereocenters. The van der Waals surface area contributed by atoms with Gasteiger partial charge in [0, 0.05) is 12.0 Å². The fourth-order valence-electron chi connectivity index (χ4n) is 3.62. The normalized spacial score (nSPS) is 13.7. The van der Waals surface area contributed by atoms with Gasteiger partial charge in [-0.3, -0.25) is 0 Å². The van der Waals surface area contributed by atoms with Gasteiger partial charge in [0.1, 0.15) is 5.76 Å². The molecule has 0 radical (unpaired) electrons. The molecule has 0 spiro atoms. The molecule has 1 aromatic heterocycles. The second-order valence-electron chi connectivity index (χ2n) is 7.98. The zero-order chi connectivity index (χ0) is 17.6. The van der Waals surface area contributed by atoms with Crippen molar-refractivity contribution in [2.75, 3.05) is 0 Å². The zero-order valence-electron chi connectivity index (χ0n) is 15.4. The summed E-state index contributed by atoms with van der Waals surface area (Å²) in [6.45, 7) is 8.86.